The molecule has 1 aromatic rings. The van der Waals surface area contributed by atoms with Crippen molar-refractivity contribution < 1.29 is 27.5 Å². The van der Waals surface area contributed by atoms with Crippen LogP contribution in [0.2, 0.25) is 5.02 Å². The van der Waals surface area contributed by atoms with Crippen molar-refractivity contribution in [2.45, 2.75) is 11.8 Å². The number of anilines is 1. The van der Waals surface area contributed by atoms with Crippen LogP contribution in [0.25, 0.3) is 0 Å². The van der Waals surface area contributed by atoms with Crippen LogP contribution in [0.4, 0.5) is 5.69 Å². The van der Waals surface area contributed by atoms with E-state index in [1.165, 1.54) is 34.7 Å². The highest BCUT2D eigenvalue weighted by Gasteiger charge is 2.28. The summed E-state index contributed by atoms with van der Waals surface area (Å²) in [5, 5.41) is 2.53. The third kappa shape index (κ3) is 5.28. The molecule has 10 heteroatoms. The molecule has 2 rings (SSSR count). The molecule has 1 saturated heterocycles. The van der Waals surface area contributed by atoms with Gasteiger partial charge in [0, 0.05) is 24.9 Å². The Balaban J connectivity index is 2.11. The van der Waals surface area contributed by atoms with Crippen LogP contribution in [0.1, 0.15) is 6.92 Å². The number of morpholine rings is 1. The molecule has 0 saturated carbocycles. The topological polar surface area (TPSA) is 102 Å². The highest BCUT2D eigenvalue weighted by Crippen LogP contribution is 2.28. The summed E-state index contributed by atoms with van der Waals surface area (Å²) in [6.07, 6.45) is 2.67. The number of hydrogen-bond acceptors (Lipinski definition) is 6. The molecule has 1 heterocycles. The number of sulfonamides is 1. The molecule has 0 radical (unpaired) electrons. The minimum Gasteiger partial charge on any atom is -0.452 e. The number of nitrogens with one attached hydrogen (secondary N) is 1. The van der Waals surface area contributed by atoms with Gasteiger partial charge in [-0.2, -0.15) is 4.31 Å². The van der Waals surface area contributed by atoms with E-state index in [2.05, 4.69) is 5.32 Å². The van der Waals surface area contributed by atoms with E-state index in [0.717, 1.165) is 0 Å². The Kier molecular flexibility index (Phi) is 7.15. The molecule has 0 unspecified atom stereocenters. The first kappa shape index (κ1) is 20.4. The first-order chi connectivity index (χ1) is 12.3. The van der Waals surface area contributed by atoms with Crippen molar-refractivity contribution in [1.82, 2.24) is 4.31 Å². The predicted octanol–water partition coefficient (Wildman–Crippen LogP) is 1.42. The van der Waals surface area contributed by atoms with Crippen molar-refractivity contribution in [3.8, 4) is 0 Å². The molecule has 8 nitrogen and oxygen atoms in total. The summed E-state index contributed by atoms with van der Waals surface area (Å²) >= 11 is 6.05. The van der Waals surface area contributed by atoms with Crippen molar-refractivity contribution >= 4 is 39.2 Å². The van der Waals surface area contributed by atoms with Crippen LogP contribution in [-0.4, -0.2) is 57.5 Å². The second-order valence-electron chi connectivity index (χ2n) is 5.32. The Morgan fingerprint density at radius 1 is 1.35 bits per heavy atom. The number of ether oxygens (including phenoxy) is 2. The minimum absolute atomic E-state index is 0.0500. The lowest BCUT2D eigenvalue weighted by atomic mass is 10.3. The SMILES string of the molecule is C/C=C/C(=O)OCC(=O)Nc1ccc(Cl)c(S(=O)(=O)N2CCOCC2)c1. The molecule has 142 valence electrons. The number of hydrogen-bond donors (Lipinski definition) is 1. The Bertz CT molecular complexity index is 803. The van der Waals surface area contributed by atoms with E-state index in [1.807, 2.05) is 0 Å². The number of halogens is 1. The van der Waals surface area contributed by atoms with Crippen LogP contribution in [0.5, 0.6) is 0 Å². The molecular formula is C16H19ClN2O6S. The molecular weight excluding hydrogens is 384 g/mol. The first-order valence-electron chi connectivity index (χ1n) is 7.81. The molecule has 0 atom stereocenters. The molecule has 1 aliphatic heterocycles. The summed E-state index contributed by atoms with van der Waals surface area (Å²) < 4.78 is 36.6. The van der Waals surface area contributed by atoms with E-state index >= 15 is 0 Å². The van der Waals surface area contributed by atoms with Gasteiger partial charge in [-0.05, 0) is 25.1 Å². The van der Waals surface area contributed by atoms with Crippen LogP contribution in [-0.2, 0) is 29.1 Å². The number of rotatable bonds is 6. The normalized spacial score (nSPS) is 15.8. The molecule has 0 aromatic heterocycles. The maximum atomic E-state index is 12.7. The van der Waals surface area contributed by atoms with Gasteiger partial charge in [-0.25, -0.2) is 13.2 Å². The largest absolute Gasteiger partial charge is 0.452 e. The Morgan fingerprint density at radius 2 is 2.04 bits per heavy atom. The summed E-state index contributed by atoms with van der Waals surface area (Å²) in [7, 11) is -3.81. The zero-order valence-electron chi connectivity index (χ0n) is 14.1. The Morgan fingerprint density at radius 3 is 2.69 bits per heavy atom. The molecule has 0 spiro atoms. The van der Waals surface area contributed by atoms with Gasteiger partial charge in [0.1, 0.15) is 4.90 Å². The highest BCUT2D eigenvalue weighted by atomic mass is 35.5. The number of carbonyl (C=O) groups is 2. The fourth-order valence-electron chi connectivity index (χ4n) is 2.22. The maximum absolute atomic E-state index is 12.7. The molecule has 0 bridgehead atoms. The van der Waals surface area contributed by atoms with Gasteiger partial charge in [0.25, 0.3) is 5.91 Å². The minimum atomic E-state index is -3.81. The Hall–Kier alpha value is -1.94. The number of nitrogens with zero attached hydrogens (tertiary/aromatic N) is 1. The maximum Gasteiger partial charge on any atom is 0.330 e. The third-order valence-electron chi connectivity index (χ3n) is 3.45. The highest BCUT2D eigenvalue weighted by molar-refractivity contribution is 7.89. The standard InChI is InChI=1S/C16H19ClN2O6S/c1-2-3-16(21)25-11-15(20)18-12-4-5-13(17)14(10-12)26(22,23)19-6-8-24-9-7-19/h2-5,10H,6-9,11H2,1H3,(H,18,20)/b3-2+. The van der Waals surface area contributed by atoms with Gasteiger partial charge < -0.3 is 14.8 Å². The van der Waals surface area contributed by atoms with Gasteiger partial charge >= 0.3 is 5.97 Å². The van der Waals surface area contributed by atoms with E-state index in [-0.39, 0.29) is 28.7 Å². The molecule has 26 heavy (non-hydrogen) atoms. The molecule has 1 aromatic carbocycles. The summed E-state index contributed by atoms with van der Waals surface area (Å²) in [5.74, 6) is -1.24. The van der Waals surface area contributed by atoms with E-state index in [1.54, 1.807) is 6.92 Å². The fraction of sp³-hybridized carbons (Fsp3) is 0.375. The van der Waals surface area contributed by atoms with Gasteiger partial charge in [-0.3, -0.25) is 4.79 Å². The van der Waals surface area contributed by atoms with E-state index in [9.17, 15) is 18.0 Å². The van der Waals surface area contributed by atoms with Gasteiger partial charge in [0.05, 0.1) is 18.2 Å². The lowest BCUT2D eigenvalue weighted by Crippen LogP contribution is -2.40. The van der Waals surface area contributed by atoms with Gasteiger partial charge in [0.15, 0.2) is 6.61 Å². The van der Waals surface area contributed by atoms with Crippen LogP contribution in [0.15, 0.2) is 35.2 Å². The Labute approximate surface area is 156 Å². The van der Waals surface area contributed by atoms with Crippen LogP contribution in [0.3, 0.4) is 0 Å². The van der Waals surface area contributed by atoms with Crippen molar-refractivity contribution in [3.63, 3.8) is 0 Å². The smallest absolute Gasteiger partial charge is 0.330 e. The van der Waals surface area contributed by atoms with Gasteiger partial charge in [-0.15, -0.1) is 0 Å². The van der Waals surface area contributed by atoms with Crippen LogP contribution < -0.4 is 5.32 Å². The summed E-state index contributed by atoms with van der Waals surface area (Å²) in [6.45, 7) is 2.24. The third-order valence-corrected chi connectivity index (χ3v) is 5.83. The second kappa shape index (κ2) is 9.13. The predicted molar refractivity (Wildman–Crippen MR) is 95.4 cm³/mol. The number of esters is 1. The second-order valence-corrected chi connectivity index (χ2v) is 7.63. The van der Waals surface area contributed by atoms with E-state index in [0.29, 0.717) is 13.2 Å². The summed E-state index contributed by atoms with van der Waals surface area (Å²) in [5.41, 5.74) is 0.230. The van der Waals surface area contributed by atoms with Crippen LogP contribution in [0, 0.1) is 0 Å². The fourth-order valence-corrected chi connectivity index (χ4v) is 4.13. The van der Waals surface area contributed by atoms with Crippen molar-refractivity contribution in [1.29, 1.82) is 0 Å². The van der Waals surface area contributed by atoms with Crippen molar-refractivity contribution in [3.05, 3.63) is 35.4 Å². The number of carbonyl (C=O) groups excluding carboxylic acids is 2. The lowest BCUT2D eigenvalue weighted by Gasteiger charge is -2.26. The van der Waals surface area contributed by atoms with Gasteiger partial charge in [-0.1, -0.05) is 17.7 Å². The summed E-state index contributed by atoms with van der Waals surface area (Å²) in [6, 6.07) is 4.13. The van der Waals surface area contributed by atoms with Gasteiger partial charge in [0.2, 0.25) is 10.0 Å². The molecule has 1 N–H and O–H groups in total. The average Bonchev–Trinajstić information content (AvgIpc) is 2.62. The average molecular weight is 403 g/mol. The molecule has 1 aliphatic rings. The molecule has 1 fully saturated rings. The van der Waals surface area contributed by atoms with E-state index < -0.39 is 28.5 Å². The number of amides is 1. The van der Waals surface area contributed by atoms with Crippen molar-refractivity contribution in [2.75, 3.05) is 38.2 Å². The first-order valence-corrected chi connectivity index (χ1v) is 9.63. The zero-order valence-corrected chi connectivity index (χ0v) is 15.7. The molecule has 1 amide bonds. The lowest BCUT2D eigenvalue weighted by molar-refractivity contribution is -0.142. The number of benzene rings is 1. The number of allylic oxidation sites excluding steroid dienone is 1. The van der Waals surface area contributed by atoms with E-state index in [4.69, 9.17) is 21.1 Å². The molecule has 0 aliphatic carbocycles. The monoisotopic (exact) mass is 402 g/mol. The van der Waals surface area contributed by atoms with Crippen LogP contribution >= 0.6 is 11.6 Å². The summed E-state index contributed by atoms with van der Waals surface area (Å²) in [4.78, 5) is 22.9. The van der Waals surface area contributed by atoms with Crippen molar-refractivity contribution in [2.24, 2.45) is 0 Å². The zero-order chi connectivity index (χ0) is 19.2. The quantitative estimate of drug-likeness (QED) is 0.570.